The van der Waals surface area contributed by atoms with Gasteiger partial charge in [-0.25, -0.2) is 8.42 Å². The van der Waals surface area contributed by atoms with E-state index in [1.54, 1.807) is 37.3 Å². The lowest BCUT2D eigenvalue weighted by Crippen LogP contribution is -2.51. The number of methoxy groups -OCH3 is 1. The smallest absolute Gasteiger partial charge is 0.271 e. The van der Waals surface area contributed by atoms with Gasteiger partial charge in [-0.2, -0.15) is 0 Å². The van der Waals surface area contributed by atoms with Gasteiger partial charge < -0.3 is 15.0 Å². The first-order chi connectivity index (χ1) is 19.1. The molecule has 0 bridgehead atoms. The Hall–Kier alpha value is -4.45. The van der Waals surface area contributed by atoms with E-state index < -0.39 is 39.3 Å². The minimum Gasteiger partial charge on any atom is -0.497 e. The van der Waals surface area contributed by atoms with Crippen molar-refractivity contribution in [3.8, 4) is 5.75 Å². The molecule has 0 aliphatic heterocycles. The second-order valence-electron chi connectivity index (χ2n) is 8.94. The van der Waals surface area contributed by atoms with Gasteiger partial charge in [-0.05, 0) is 49.2 Å². The van der Waals surface area contributed by atoms with Crippen LogP contribution < -0.4 is 14.4 Å². The molecule has 0 saturated carbocycles. The van der Waals surface area contributed by atoms with Gasteiger partial charge >= 0.3 is 0 Å². The van der Waals surface area contributed by atoms with Gasteiger partial charge in [0, 0.05) is 25.2 Å². The summed E-state index contributed by atoms with van der Waals surface area (Å²) >= 11 is 0. The van der Waals surface area contributed by atoms with Crippen molar-refractivity contribution in [2.24, 2.45) is 0 Å². The maximum atomic E-state index is 13.9. The van der Waals surface area contributed by atoms with Crippen LogP contribution in [0, 0.1) is 10.1 Å². The van der Waals surface area contributed by atoms with Gasteiger partial charge in [0.25, 0.3) is 15.7 Å². The predicted octanol–water partition coefficient (Wildman–Crippen LogP) is 3.74. The topological polar surface area (TPSA) is 139 Å². The average Bonchev–Trinajstić information content (AvgIpc) is 2.97. The third kappa shape index (κ3) is 7.35. The highest BCUT2D eigenvalue weighted by atomic mass is 32.2. The molecule has 0 fully saturated rings. The van der Waals surface area contributed by atoms with Crippen LogP contribution in [0.1, 0.15) is 25.8 Å². The Labute approximate surface area is 233 Å². The predicted molar refractivity (Wildman–Crippen MR) is 150 cm³/mol. The number of benzene rings is 3. The van der Waals surface area contributed by atoms with E-state index in [0.717, 1.165) is 10.4 Å². The van der Waals surface area contributed by atoms with Crippen molar-refractivity contribution < 1.29 is 27.7 Å². The normalized spacial score (nSPS) is 11.8. The molecule has 3 aromatic rings. The summed E-state index contributed by atoms with van der Waals surface area (Å²) in [5, 5.41) is 14.2. The van der Waals surface area contributed by atoms with Crippen LogP contribution in [0.2, 0.25) is 0 Å². The molecule has 0 aliphatic rings. The number of carbonyl (C=O) groups excluding carboxylic acids is 2. The van der Waals surface area contributed by atoms with Gasteiger partial charge in [0.15, 0.2) is 0 Å². The minimum atomic E-state index is -4.32. The number of nitrogens with zero attached hydrogens (tertiary/aromatic N) is 3. The number of ether oxygens (including phenoxy) is 1. The number of hydrogen-bond donors (Lipinski definition) is 1. The molecule has 0 aliphatic carbocycles. The van der Waals surface area contributed by atoms with Crippen molar-refractivity contribution in [2.45, 2.75) is 37.8 Å². The maximum absolute atomic E-state index is 13.9. The lowest BCUT2D eigenvalue weighted by Gasteiger charge is -2.32. The van der Waals surface area contributed by atoms with Crippen LogP contribution in [-0.4, -0.2) is 56.3 Å². The van der Waals surface area contributed by atoms with Crippen molar-refractivity contribution >= 4 is 33.2 Å². The number of amides is 2. The molecule has 3 aromatic carbocycles. The molecule has 0 spiro atoms. The highest BCUT2D eigenvalue weighted by Gasteiger charge is 2.33. The van der Waals surface area contributed by atoms with E-state index in [1.165, 1.54) is 54.5 Å². The van der Waals surface area contributed by atoms with E-state index >= 15 is 0 Å². The molecule has 11 nitrogen and oxygen atoms in total. The summed E-state index contributed by atoms with van der Waals surface area (Å²) in [5.41, 5.74) is 0.302. The van der Waals surface area contributed by atoms with Crippen molar-refractivity contribution in [2.75, 3.05) is 24.5 Å². The Morgan fingerprint density at radius 3 is 2.30 bits per heavy atom. The summed E-state index contributed by atoms with van der Waals surface area (Å²) < 4.78 is 33.5. The molecule has 2 amide bonds. The highest BCUT2D eigenvalue weighted by Crippen LogP contribution is 2.27. The number of nitro groups is 1. The van der Waals surface area contributed by atoms with Crippen LogP contribution in [0.25, 0.3) is 0 Å². The number of nitro benzene ring substituents is 1. The quantitative estimate of drug-likeness (QED) is 0.245. The fraction of sp³-hybridized carbons (Fsp3) is 0.286. The first-order valence-electron chi connectivity index (χ1n) is 12.6. The summed E-state index contributed by atoms with van der Waals surface area (Å²) in [6, 6.07) is 18.5. The molecular formula is C28H32N4O7S. The van der Waals surface area contributed by atoms with E-state index in [1.807, 2.05) is 6.92 Å². The lowest BCUT2D eigenvalue weighted by atomic mass is 10.1. The Morgan fingerprint density at radius 2 is 1.70 bits per heavy atom. The van der Waals surface area contributed by atoms with Gasteiger partial charge in [-0.15, -0.1) is 0 Å². The van der Waals surface area contributed by atoms with Crippen LogP contribution in [0.4, 0.5) is 11.4 Å². The van der Waals surface area contributed by atoms with E-state index in [9.17, 15) is 28.1 Å². The molecule has 0 saturated heterocycles. The Morgan fingerprint density at radius 1 is 1.02 bits per heavy atom. The lowest BCUT2D eigenvalue weighted by molar-refractivity contribution is -0.384. The average molecular weight is 569 g/mol. The standard InChI is InChI=1S/C28H32N4O7S/c1-4-17-29-28(34)21(2)30(19-22-13-15-25(39-3)16-14-22)27(33)20-31(23-9-8-10-24(18-23)32(35)36)40(37,38)26-11-6-5-7-12-26/h5-16,18,21H,4,17,19-20H2,1-3H3,(H,29,34)/t21-/m1/s1. The zero-order valence-corrected chi connectivity index (χ0v) is 23.3. The second-order valence-corrected chi connectivity index (χ2v) is 10.8. The van der Waals surface area contributed by atoms with Gasteiger partial charge in [-0.1, -0.05) is 43.3 Å². The van der Waals surface area contributed by atoms with E-state index in [-0.39, 0.29) is 22.8 Å². The zero-order chi connectivity index (χ0) is 29.3. The van der Waals surface area contributed by atoms with Gasteiger partial charge in [0.2, 0.25) is 11.8 Å². The molecule has 212 valence electrons. The number of anilines is 1. The number of sulfonamides is 1. The van der Waals surface area contributed by atoms with Gasteiger partial charge in [0.05, 0.1) is 22.6 Å². The maximum Gasteiger partial charge on any atom is 0.271 e. The summed E-state index contributed by atoms with van der Waals surface area (Å²) in [5.74, 6) is -0.446. The Balaban J connectivity index is 2.04. The van der Waals surface area contributed by atoms with Crippen LogP contribution in [0.3, 0.4) is 0 Å². The molecule has 0 aromatic heterocycles. The largest absolute Gasteiger partial charge is 0.497 e. The van der Waals surface area contributed by atoms with Crippen molar-refractivity contribution in [3.05, 3.63) is 94.5 Å². The molecule has 1 N–H and O–H groups in total. The van der Waals surface area contributed by atoms with E-state index in [4.69, 9.17) is 4.74 Å². The molecule has 0 heterocycles. The number of rotatable bonds is 13. The molecule has 3 rings (SSSR count). The molecule has 40 heavy (non-hydrogen) atoms. The van der Waals surface area contributed by atoms with Crippen molar-refractivity contribution in [1.82, 2.24) is 10.2 Å². The number of nitrogens with one attached hydrogen (secondary N) is 1. The summed E-state index contributed by atoms with van der Waals surface area (Å²) in [6.07, 6.45) is 0.695. The van der Waals surface area contributed by atoms with Gasteiger partial charge in [0.1, 0.15) is 18.3 Å². The fourth-order valence-corrected chi connectivity index (χ4v) is 5.34. The minimum absolute atomic E-state index is 0.0116. The van der Waals surface area contributed by atoms with Crippen LogP contribution in [0.15, 0.2) is 83.8 Å². The molecule has 0 radical (unpaired) electrons. The fourth-order valence-electron chi connectivity index (χ4n) is 3.92. The van der Waals surface area contributed by atoms with E-state index in [0.29, 0.717) is 24.3 Å². The highest BCUT2D eigenvalue weighted by molar-refractivity contribution is 7.92. The van der Waals surface area contributed by atoms with Crippen LogP contribution in [-0.2, 0) is 26.2 Å². The van der Waals surface area contributed by atoms with Crippen LogP contribution >= 0.6 is 0 Å². The molecule has 1 atom stereocenters. The van der Waals surface area contributed by atoms with Gasteiger partial charge in [-0.3, -0.25) is 24.0 Å². The van der Waals surface area contributed by atoms with E-state index in [2.05, 4.69) is 5.32 Å². The third-order valence-electron chi connectivity index (χ3n) is 6.17. The number of hydrogen-bond acceptors (Lipinski definition) is 7. The third-order valence-corrected chi connectivity index (χ3v) is 7.96. The molecular weight excluding hydrogens is 536 g/mol. The second kappa shape index (κ2) is 13.6. The zero-order valence-electron chi connectivity index (χ0n) is 22.5. The monoisotopic (exact) mass is 568 g/mol. The molecule has 12 heteroatoms. The summed E-state index contributed by atoms with van der Waals surface area (Å²) in [6.45, 7) is 3.19. The molecule has 0 unspecified atom stereocenters. The summed E-state index contributed by atoms with van der Waals surface area (Å²) in [7, 11) is -2.79. The van der Waals surface area contributed by atoms with Crippen molar-refractivity contribution in [3.63, 3.8) is 0 Å². The summed E-state index contributed by atoms with van der Waals surface area (Å²) in [4.78, 5) is 38.7. The first-order valence-corrected chi connectivity index (χ1v) is 14.0. The number of carbonyl (C=O) groups is 2. The SMILES string of the molecule is CCCNC(=O)[C@@H](C)N(Cc1ccc(OC)cc1)C(=O)CN(c1cccc([N+](=O)[O-])c1)S(=O)(=O)c1ccccc1. The Kier molecular flexibility index (Phi) is 10.2. The van der Waals surface area contributed by atoms with Crippen molar-refractivity contribution in [1.29, 1.82) is 0 Å². The first kappa shape index (κ1) is 30.1. The Bertz CT molecular complexity index is 1430. The number of non-ortho nitro benzene ring substituents is 1. The van der Waals surface area contributed by atoms with Crippen LogP contribution in [0.5, 0.6) is 5.75 Å².